The molecule has 3 rings (SSSR count). The fraction of sp³-hybridized carbons (Fsp3) is 0.526. The number of amides is 1. The minimum atomic E-state index is -0.335. The summed E-state index contributed by atoms with van der Waals surface area (Å²) in [4.78, 5) is 14.6. The number of nitrogens with zero attached hydrogens (tertiary/aromatic N) is 1. The third-order valence-electron chi connectivity index (χ3n) is 5.20. The number of hydrogen-bond acceptors (Lipinski definition) is 4. The van der Waals surface area contributed by atoms with E-state index < -0.39 is 0 Å². The molecule has 0 radical (unpaired) electrons. The highest BCUT2D eigenvalue weighted by Gasteiger charge is 2.35. The van der Waals surface area contributed by atoms with Crippen LogP contribution in [0.5, 0.6) is 11.5 Å². The molecule has 1 fully saturated rings. The van der Waals surface area contributed by atoms with Gasteiger partial charge in [0, 0.05) is 25.6 Å². The van der Waals surface area contributed by atoms with Gasteiger partial charge in [-0.1, -0.05) is 18.2 Å². The van der Waals surface area contributed by atoms with Crippen LogP contribution in [0.3, 0.4) is 0 Å². The molecule has 24 heavy (non-hydrogen) atoms. The van der Waals surface area contributed by atoms with Crippen LogP contribution in [0.1, 0.15) is 30.9 Å². The van der Waals surface area contributed by atoms with Crippen molar-refractivity contribution in [2.24, 2.45) is 17.6 Å². The van der Waals surface area contributed by atoms with Crippen LogP contribution >= 0.6 is 0 Å². The van der Waals surface area contributed by atoms with Gasteiger partial charge in [0.25, 0.3) is 0 Å². The van der Waals surface area contributed by atoms with Crippen LogP contribution in [-0.4, -0.2) is 38.1 Å². The zero-order valence-corrected chi connectivity index (χ0v) is 14.4. The summed E-state index contributed by atoms with van der Waals surface area (Å²) < 4.78 is 10.6. The van der Waals surface area contributed by atoms with Crippen LogP contribution in [0.25, 0.3) is 0 Å². The number of rotatable bonds is 5. The molecule has 1 aromatic carbocycles. The van der Waals surface area contributed by atoms with Crippen molar-refractivity contribution in [2.75, 3.05) is 27.3 Å². The topological polar surface area (TPSA) is 64.8 Å². The number of hydrogen-bond donors (Lipinski definition) is 1. The van der Waals surface area contributed by atoms with Crippen LogP contribution in [0.4, 0.5) is 0 Å². The number of carbonyl (C=O) groups excluding carboxylic acids is 1. The molecule has 2 N–H and O–H groups in total. The Hall–Kier alpha value is -2.01. The van der Waals surface area contributed by atoms with Crippen LogP contribution in [-0.2, 0) is 4.79 Å². The SMILES string of the molecule is COc1ccc([C@@H](N)CC(=O)N2C[C@H]3CC=CC[C@H]3C2)cc1OC. The van der Waals surface area contributed by atoms with E-state index in [1.54, 1.807) is 14.2 Å². The van der Waals surface area contributed by atoms with Crippen molar-refractivity contribution in [3.8, 4) is 11.5 Å². The van der Waals surface area contributed by atoms with Gasteiger partial charge in [-0.3, -0.25) is 4.79 Å². The minimum absolute atomic E-state index is 0.145. The molecule has 0 unspecified atom stereocenters. The molecule has 1 aromatic rings. The highest BCUT2D eigenvalue weighted by atomic mass is 16.5. The van der Waals surface area contributed by atoms with Gasteiger partial charge >= 0.3 is 0 Å². The van der Waals surface area contributed by atoms with E-state index in [9.17, 15) is 4.79 Å². The quantitative estimate of drug-likeness (QED) is 0.843. The summed E-state index contributed by atoms with van der Waals surface area (Å²) in [5.74, 6) is 2.69. The van der Waals surface area contributed by atoms with Crippen molar-refractivity contribution in [3.05, 3.63) is 35.9 Å². The minimum Gasteiger partial charge on any atom is -0.493 e. The molecule has 0 spiro atoms. The third kappa shape index (κ3) is 3.41. The predicted molar refractivity (Wildman–Crippen MR) is 93.0 cm³/mol. The van der Waals surface area contributed by atoms with Gasteiger partial charge in [-0.05, 0) is 42.4 Å². The molecule has 1 saturated heterocycles. The summed E-state index contributed by atoms with van der Waals surface area (Å²) in [5, 5.41) is 0. The average Bonchev–Trinajstić information content (AvgIpc) is 3.05. The van der Waals surface area contributed by atoms with E-state index in [0.29, 0.717) is 29.8 Å². The summed E-state index contributed by atoms with van der Waals surface area (Å²) in [6.45, 7) is 1.74. The highest BCUT2D eigenvalue weighted by molar-refractivity contribution is 5.77. The lowest BCUT2D eigenvalue weighted by molar-refractivity contribution is -0.130. The van der Waals surface area contributed by atoms with Gasteiger partial charge < -0.3 is 20.1 Å². The van der Waals surface area contributed by atoms with Gasteiger partial charge in [-0.2, -0.15) is 0 Å². The van der Waals surface area contributed by atoms with Crippen molar-refractivity contribution in [1.29, 1.82) is 0 Å². The first-order valence-electron chi connectivity index (χ1n) is 8.52. The number of allylic oxidation sites excluding steroid dienone is 2. The normalized spacial score (nSPS) is 23.7. The first-order valence-corrected chi connectivity index (χ1v) is 8.52. The van der Waals surface area contributed by atoms with E-state index in [4.69, 9.17) is 15.2 Å². The first kappa shape index (κ1) is 16.8. The highest BCUT2D eigenvalue weighted by Crippen LogP contribution is 2.34. The maximum atomic E-state index is 12.6. The van der Waals surface area contributed by atoms with Crippen LogP contribution in [0, 0.1) is 11.8 Å². The number of benzene rings is 1. The maximum Gasteiger partial charge on any atom is 0.224 e. The zero-order chi connectivity index (χ0) is 17.1. The number of nitrogens with two attached hydrogens (primary N) is 1. The van der Waals surface area contributed by atoms with Crippen molar-refractivity contribution in [3.63, 3.8) is 0 Å². The lowest BCUT2D eigenvalue weighted by Gasteiger charge is -2.20. The lowest BCUT2D eigenvalue weighted by Crippen LogP contribution is -2.31. The van der Waals surface area contributed by atoms with Crippen molar-refractivity contribution < 1.29 is 14.3 Å². The standard InChI is InChI=1S/C19H26N2O3/c1-23-17-8-7-13(9-18(17)24-2)16(20)10-19(22)21-11-14-5-3-4-6-15(14)12-21/h3-4,7-9,14-16H,5-6,10-12,20H2,1-2H3/t14-,15+,16-/m0/s1. The zero-order valence-electron chi connectivity index (χ0n) is 14.4. The van der Waals surface area contributed by atoms with Gasteiger partial charge in [-0.15, -0.1) is 0 Å². The Labute approximate surface area is 143 Å². The van der Waals surface area contributed by atoms with E-state index in [2.05, 4.69) is 12.2 Å². The second kappa shape index (κ2) is 7.26. The van der Waals surface area contributed by atoms with Crippen molar-refractivity contribution in [1.82, 2.24) is 4.90 Å². The Morgan fingerprint density at radius 2 is 1.79 bits per heavy atom. The number of carbonyl (C=O) groups is 1. The molecule has 1 amide bonds. The maximum absolute atomic E-state index is 12.6. The second-order valence-electron chi connectivity index (χ2n) is 6.69. The Kier molecular flexibility index (Phi) is 5.09. The molecule has 2 aliphatic rings. The summed E-state index contributed by atoms with van der Waals surface area (Å²) in [6.07, 6.45) is 6.99. The Morgan fingerprint density at radius 1 is 1.17 bits per heavy atom. The lowest BCUT2D eigenvalue weighted by atomic mass is 9.86. The summed E-state index contributed by atoms with van der Waals surface area (Å²) >= 11 is 0. The van der Waals surface area contributed by atoms with Crippen LogP contribution < -0.4 is 15.2 Å². The second-order valence-corrected chi connectivity index (χ2v) is 6.69. The van der Waals surface area contributed by atoms with Crippen LogP contribution in [0.15, 0.2) is 30.4 Å². The van der Waals surface area contributed by atoms with Gasteiger partial charge in [0.15, 0.2) is 11.5 Å². The Bertz CT molecular complexity index is 613. The molecule has 0 bridgehead atoms. The van der Waals surface area contributed by atoms with E-state index in [-0.39, 0.29) is 11.9 Å². The molecular weight excluding hydrogens is 304 g/mol. The van der Waals surface area contributed by atoms with E-state index >= 15 is 0 Å². The monoisotopic (exact) mass is 330 g/mol. The van der Waals surface area contributed by atoms with Gasteiger partial charge in [0.1, 0.15) is 0 Å². The Morgan fingerprint density at radius 3 is 2.38 bits per heavy atom. The van der Waals surface area contributed by atoms with Crippen molar-refractivity contribution in [2.45, 2.75) is 25.3 Å². The van der Waals surface area contributed by atoms with E-state index in [1.807, 2.05) is 23.1 Å². The predicted octanol–water partition coefficient (Wildman–Crippen LogP) is 2.52. The molecule has 3 atom stereocenters. The number of likely N-dealkylation sites (tertiary alicyclic amines) is 1. The molecule has 130 valence electrons. The first-order chi connectivity index (χ1) is 11.6. The van der Waals surface area contributed by atoms with Gasteiger partial charge in [0.05, 0.1) is 14.2 Å². The molecule has 5 nitrogen and oxygen atoms in total. The average molecular weight is 330 g/mol. The van der Waals surface area contributed by atoms with Gasteiger partial charge in [-0.25, -0.2) is 0 Å². The summed E-state index contributed by atoms with van der Waals surface area (Å²) in [6, 6.07) is 5.24. The molecule has 1 aliphatic carbocycles. The molecule has 0 aromatic heterocycles. The molecule has 0 saturated carbocycles. The fourth-order valence-corrected chi connectivity index (χ4v) is 3.74. The number of fused-ring (bicyclic) bond motifs is 1. The fourth-order valence-electron chi connectivity index (χ4n) is 3.74. The third-order valence-corrected chi connectivity index (χ3v) is 5.20. The summed E-state index contributed by atoms with van der Waals surface area (Å²) in [7, 11) is 3.20. The van der Waals surface area contributed by atoms with Crippen molar-refractivity contribution >= 4 is 5.91 Å². The van der Waals surface area contributed by atoms with Crippen LogP contribution in [0.2, 0.25) is 0 Å². The molecular formula is C19H26N2O3. The molecule has 5 heteroatoms. The Balaban J connectivity index is 1.62. The van der Waals surface area contributed by atoms with Gasteiger partial charge in [0.2, 0.25) is 5.91 Å². The summed E-state index contributed by atoms with van der Waals surface area (Å²) in [5.41, 5.74) is 7.16. The van der Waals surface area contributed by atoms with E-state index in [1.165, 1.54) is 0 Å². The number of ether oxygens (including phenoxy) is 2. The number of methoxy groups -OCH3 is 2. The largest absolute Gasteiger partial charge is 0.493 e. The van der Waals surface area contributed by atoms with E-state index in [0.717, 1.165) is 31.5 Å². The molecule has 1 heterocycles. The molecule has 1 aliphatic heterocycles. The smallest absolute Gasteiger partial charge is 0.224 e.